The van der Waals surface area contributed by atoms with Gasteiger partial charge < -0.3 is 0 Å². The summed E-state index contributed by atoms with van der Waals surface area (Å²) in [5.41, 5.74) is 0. The molecule has 0 radical (unpaired) electrons. The fourth-order valence-corrected chi connectivity index (χ4v) is 1.37. The van der Waals surface area contributed by atoms with Crippen molar-refractivity contribution in [1.29, 1.82) is 0 Å². The third kappa shape index (κ3) is 16.2. The summed E-state index contributed by atoms with van der Waals surface area (Å²) in [5.74, 6) is 0. The molecular weight excluding hydrogens is 382 g/mol. The summed E-state index contributed by atoms with van der Waals surface area (Å²) in [5, 5.41) is 0. The molecule has 1 aliphatic heterocycles. The van der Waals surface area contributed by atoms with Gasteiger partial charge in [0.15, 0.2) is 0 Å². The first-order valence-electron chi connectivity index (χ1n) is 3.85. The maximum Gasteiger partial charge on any atom is 0 e. The van der Waals surface area contributed by atoms with Crippen LogP contribution >= 0.6 is 0 Å². The number of hydrogen-bond acceptors (Lipinski definition) is 3. The van der Waals surface area contributed by atoms with Gasteiger partial charge in [-0.3, -0.25) is 14.7 Å². The monoisotopic (exact) mass is 397 g/mol. The molecule has 1 aliphatic rings. The van der Waals surface area contributed by atoms with E-state index in [-0.39, 0.29) is 21.1 Å². The Bertz CT molecular complexity index is 157. The average Bonchev–Trinajstić information content (AvgIpc) is 2.24. The molecule has 0 bridgehead atoms. The Morgan fingerprint density at radius 2 is 0.750 bits per heavy atom. The maximum absolute atomic E-state index is 7.50. The van der Waals surface area contributed by atoms with Gasteiger partial charge in [0, 0.05) is 21.1 Å². The zero-order chi connectivity index (χ0) is 12.9. The van der Waals surface area contributed by atoms with E-state index in [1.165, 1.54) is 0 Å². The van der Waals surface area contributed by atoms with Crippen LogP contribution in [0.5, 0.6) is 0 Å². The molecule has 0 amide bonds. The molecule has 6 nitrogen and oxygen atoms in total. The molecule has 90 valence electrons. The van der Waals surface area contributed by atoms with Crippen LogP contribution in [0.3, 0.4) is 0 Å². The predicted molar refractivity (Wildman–Crippen MR) is 49.7 cm³/mol. The van der Waals surface area contributed by atoms with Gasteiger partial charge in [-0.25, -0.2) is 0 Å². The van der Waals surface area contributed by atoms with E-state index in [0.717, 1.165) is 20.0 Å². The molecule has 1 rings (SSSR count). The summed E-state index contributed by atoms with van der Waals surface area (Å²) in [6.45, 7) is 16.8. The molecule has 0 aliphatic carbocycles. The van der Waals surface area contributed by atoms with Gasteiger partial charge in [0.2, 0.25) is 0 Å². The smallest absolute Gasteiger partial charge is 0 e. The van der Waals surface area contributed by atoms with Crippen molar-refractivity contribution in [2.45, 2.75) is 0 Å². The maximum atomic E-state index is 7.50. The largest absolute Gasteiger partial charge is 0 e. The first-order chi connectivity index (χ1) is 7.18. The zero-order valence-corrected chi connectivity index (χ0v) is 12.5. The van der Waals surface area contributed by atoms with Crippen molar-refractivity contribution >= 4 is 0 Å². The SMILES string of the molecule is CN1CN(C)CN(C)C1.[C-]#[O+].[C-]#[O+].[C-]#[O+].[W]. The van der Waals surface area contributed by atoms with Crippen molar-refractivity contribution in [2.75, 3.05) is 41.1 Å². The minimum absolute atomic E-state index is 0. The molecule has 0 saturated carbocycles. The molecule has 0 aromatic carbocycles. The first-order valence-corrected chi connectivity index (χ1v) is 3.85. The summed E-state index contributed by atoms with van der Waals surface area (Å²) < 4.78 is 22.5. The second-order valence-electron chi connectivity index (χ2n) is 2.99. The molecule has 1 saturated heterocycles. The third-order valence-electron chi connectivity index (χ3n) is 1.45. The van der Waals surface area contributed by atoms with Crippen molar-refractivity contribution in [1.82, 2.24) is 14.7 Å². The summed E-state index contributed by atoms with van der Waals surface area (Å²) in [6.07, 6.45) is 0. The molecule has 0 spiro atoms. The number of hydrogen-bond donors (Lipinski definition) is 0. The Kier molecular flexibility index (Phi) is 31.4. The van der Waals surface area contributed by atoms with E-state index < -0.39 is 0 Å². The van der Waals surface area contributed by atoms with Gasteiger partial charge in [-0.2, -0.15) is 0 Å². The van der Waals surface area contributed by atoms with E-state index in [1.54, 1.807) is 0 Å². The Morgan fingerprint density at radius 3 is 0.875 bits per heavy atom. The minimum Gasteiger partial charge on any atom is 0 e. The van der Waals surface area contributed by atoms with E-state index in [0.29, 0.717) is 0 Å². The van der Waals surface area contributed by atoms with Gasteiger partial charge in [0.1, 0.15) is 0 Å². The van der Waals surface area contributed by atoms with Crippen LogP contribution in [0.2, 0.25) is 0 Å². The topological polar surface area (TPSA) is 69.4 Å². The number of nitrogens with zero attached hydrogens (tertiary/aromatic N) is 3. The third-order valence-corrected chi connectivity index (χ3v) is 1.45. The molecule has 1 fully saturated rings. The molecule has 16 heavy (non-hydrogen) atoms. The van der Waals surface area contributed by atoms with Crippen LogP contribution in [0.4, 0.5) is 0 Å². The Hall–Kier alpha value is -0.212. The molecule has 1 heterocycles. The van der Waals surface area contributed by atoms with Crippen molar-refractivity contribution in [3.05, 3.63) is 20.0 Å². The van der Waals surface area contributed by atoms with E-state index in [9.17, 15) is 0 Å². The molecule has 0 unspecified atom stereocenters. The summed E-state index contributed by atoms with van der Waals surface area (Å²) >= 11 is 0. The molecule has 0 atom stereocenters. The molecular formula is C9H15N3O3W. The molecule has 0 N–H and O–H groups in total. The fourth-order valence-electron chi connectivity index (χ4n) is 1.37. The molecule has 0 aromatic heterocycles. The quantitative estimate of drug-likeness (QED) is 0.411. The van der Waals surface area contributed by atoms with Crippen LogP contribution in [0.15, 0.2) is 0 Å². The summed E-state index contributed by atoms with van der Waals surface area (Å²) in [7, 11) is 6.39. The van der Waals surface area contributed by atoms with Crippen molar-refractivity contribution in [2.24, 2.45) is 0 Å². The number of rotatable bonds is 0. The van der Waals surface area contributed by atoms with Gasteiger partial charge in [-0.05, 0) is 21.1 Å². The van der Waals surface area contributed by atoms with Crippen LogP contribution in [0.1, 0.15) is 0 Å². The van der Waals surface area contributed by atoms with Crippen molar-refractivity contribution in [3.8, 4) is 0 Å². The summed E-state index contributed by atoms with van der Waals surface area (Å²) in [4.78, 5) is 6.84. The van der Waals surface area contributed by atoms with Crippen molar-refractivity contribution in [3.63, 3.8) is 0 Å². The van der Waals surface area contributed by atoms with Crippen LogP contribution in [-0.4, -0.2) is 55.8 Å². The zero-order valence-electron chi connectivity index (χ0n) is 9.60. The Labute approximate surface area is 111 Å². The van der Waals surface area contributed by atoms with Gasteiger partial charge in [0.25, 0.3) is 0 Å². The Morgan fingerprint density at radius 1 is 0.625 bits per heavy atom. The van der Waals surface area contributed by atoms with Gasteiger partial charge >= 0.3 is 33.9 Å². The first kappa shape index (κ1) is 24.8. The summed E-state index contributed by atoms with van der Waals surface area (Å²) in [6, 6.07) is 0. The molecule has 7 heteroatoms. The van der Waals surface area contributed by atoms with E-state index in [1.807, 2.05) is 0 Å². The van der Waals surface area contributed by atoms with Crippen LogP contribution in [0.25, 0.3) is 0 Å². The van der Waals surface area contributed by atoms with E-state index in [2.05, 4.69) is 55.8 Å². The van der Waals surface area contributed by atoms with Gasteiger partial charge in [-0.15, -0.1) is 0 Å². The van der Waals surface area contributed by atoms with Crippen LogP contribution < -0.4 is 0 Å². The second kappa shape index (κ2) is 20.2. The Balaban J connectivity index is -0.0000000900. The van der Waals surface area contributed by atoms with Crippen LogP contribution in [0, 0.1) is 20.0 Å². The normalized spacial score (nSPS) is 15.6. The van der Waals surface area contributed by atoms with E-state index >= 15 is 0 Å². The minimum atomic E-state index is 0. The van der Waals surface area contributed by atoms with Crippen molar-refractivity contribution < 1.29 is 35.0 Å². The standard InChI is InChI=1S/C6H15N3.3CO.W/c1-7-4-8(2)6-9(3)5-7;3*1-2;/h4-6H2,1-3H3;;;;. The molecule has 0 aromatic rings. The van der Waals surface area contributed by atoms with Gasteiger partial charge in [0.05, 0.1) is 20.0 Å². The van der Waals surface area contributed by atoms with Gasteiger partial charge in [-0.1, -0.05) is 0 Å². The van der Waals surface area contributed by atoms with E-state index in [4.69, 9.17) is 14.0 Å². The second-order valence-corrected chi connectivity index (χ2v) is 2.99. The fraction of sp³-hybridized carbons (Fsp3) is 0.667. The predicted octanol–water partition coefficient (Wildman–Crippen LogP) is -0.447. The average molecular weight is 397 g/mol. The van der Waals surface area contributed by atoms with Crippen LogP contribution in [-0.2, 0) is 35.0 Å².